The molecule has 0 bridgehead atoms. The standard InChI is InChI=1S/C18H18N2S/c19-18-20-17(13-21-18)16(11-14-7-3-1-4-8-14)12-15-9-5-2-6-10-15/h1-10,13,16H,11-12H2,(H2,19,20). The second kappa shape index (κ2) is 6.55. The van der Waals surface area contributed by atoms with Crippen molar-refractivity contribution < 1.29 is 0 Å². The summed E-state index contributed by atoms with van der Waals surface area (Å²) in [7, 11) is 0. The number of hydrogen-bond acceptors (Lipinski definition) is 3. The highest BCUT2D eigenvalue weighted by Crippen LogP contribution is 2.27. The summed E-state index contributed by atoms with van der Waals surface area (Å²) in [5.74, 6) is 0.364. The SMILES string of the molecule is Nc1nc(C(Cc2ccccc2)Cc2ccccc2)cs1. The Balaban J connectivity index is 1.84. The number of anilines is 1. The maximum absolute atomic E-state index is 5.81. The Hall–Kier alpha value is -2.13. The lowest BCUT2D eigenvalue weighted by Crippen LogP contribution is -2.07. The Bertz CT molecular complexity index is 635. The molecule has 0 unspecified atom stereocenters. The number of nitrogens with two attached hydrogens (primary N) is 1. The van der Waals surface area contributed by atoms with Crippen LogP contribution in [0.2, 0.25) is 0 Å². The minimum atomic E-state index is 0.364. The van der Waals surface area contributed by atoms with Crippen molar-refractivity contribution in [2.45, 2.75) is 18.8 Å². The number of nitrogens with zero attached hydrogens (tertiary/aromatic N) is 1. The van der Waals surface area contributed by atoms with E-state index in [2.05, 4.69) is 71.0 Å². The molecule has 0 saturated carbocycles. The highest BCUT2D eigenvalue weighted by molar-refractivity contribution is 7.13. The summed E-state index contributed by atoms with van der Waals surface area (Å²) in [5.41, 5.74) is 9.59. The van der Waals surface area contributed by atoms with Gasteiger partial charge in [0.1, 0.15) is 0 Å². The van der Waals surface area contributed by atoms with E-state index in [9.17, 15) is 0 Å². The molecule has 0 radical (unpaired) electrons. The van der Waals surface area contributed by atoms with Crippen molar-refractivity contribution in [2.24, 2.45) is 0 Å². The van der Waals surface area contributed by atoms with Crippen LogP contribution in [0.5, 0.6) is 0 Å². The number of benzene rings is 2. The predicted octanol–water partition coefficient (Wildman–Crippen LogP) is 4.29. The van der Waals surface area contributed by atoms with Gasteiger partial charge in [0, 0.05) is 11.3 Å². The number of hydrogen-bond donors (Lipinski definition) is 1. The highest BCUT2D eigenvalue weighted by atomic mass is 32.1. The van der Waals surface area contributed by atoms with E-state index >= 15 is 0 Å². The van der Waals surface area contributed by atoms with E-state index < -0.39 is 0 Å². The zero-order valence-corrected chi connectivity index (χ0v) is 12.6. The molecule has 0 fully saturated rings. The lowest BCUT2D eigenvalue weighted by atomic mass is 9.90. The van der Waals surface area contributed by atoms with Crippen molar-refractivity contribution in [2.75, 3.05) is 5.73 Å². The van der Waals surface area contributed by atoms with Crippen LogP contribution < -0.4 is 5.73 Å². The molecule has 0 aliphatic carbocycles. The van der Waals surface area contributed by atoms with Crippen LogP contribution in [-0.2, 0) is 12.8 Å². The van der Waals surface area contributed by atoms with Crippen molar-refractivity contribution in [1.82, 2.24) is 4.98 Å². The van der Waals surface area contributed by atoms with Gasteiger partial charge in [-0.3, -0.25) is 0 Å². The molecule has 1 aromatic heterocycles. The minimum absolute atomic E-state index is 0.364. The lowest BCUT2D eigenvalue weighted by Gasteiger charge is -2.15. The van der Waals surface area contributed by atoms with E-state index in [1.165, 1.54) is 22.5 Å². The topological polar surface area (TPSA) is 38.9 Å². The third-order valence-electron chi connectivity index (χ3n) is 3.61. The Morgan fingerprint density at radius 2 is 1.38 bits per heavy atom. The van der Waals surface area contributed by atoms with Crippen LogP contribution in [0.3, 0.4) is 0 Å². The molecular formula is C18H18N2S. The third kappa shape index (κ3) is 3.70. The Kier molecular flexibility index (Phi) is 4.31. The summed E-state index contributed by atoms with van der Waals surface area (Å²) in [4.78, 5) is 4.50. The molecular weight excluding hydrogens is 276 g/mol. The van der Waals surface area contributed by atoms with Gasteiger partial charge in [-0.1, -0.05) is 60.7 Å². The summed E-state index contributed by atoms with van der Waals surface area (Å²) >= 11 is 1.52. The monoisotopic (exact) mass is 294 g/mol. The van der Waals surface area contributed by atoms with Gasteiger partial charge >= 0.3 is 0 Å². The fourth-order valence-electron chi connectivity index (χ4n) is 2.57. The van der Waals surface area contributed by atoms with Gasteiger partial charge in [0.2, 0.25) is 0 Å². The van der Waals surface area contributed by atoms with Crippen LogP contribution in [0, 0.1) is 0 Å². The Morgan fingerprint density at radius 1 is 0.857 bits per heavy atom. The van der Waals surface area contributed by atoms with Gasteiger partial charge in [-0.15, -0.1) is 11.3 Å². The van der Waals surface area contributed by atoms with Gasteiger partial charge in [-0.2, -0.15) is 0 Å². The molecule has 0 atom stereocenters. The summed E-state index contributed by atoms with van der Waals surface area (Å²) in [6, 6.07) is 21.2. The van der Waals surface area contributed by atoms with E-state index in [-0.39, 0.29) is 0 Å². The van der Waals surface area contributed by atoms with Crippen LogP contribution in [0.15, 0.2) is 66.0 Å². The van der Waals surface area contributed by atoms with Gasteiger partial charge in [0.25, 0.3) is 0 Å². The quantitative estimate of drug-likeness (QED) is 0.762. The molecule has 21 heavy (non-hydrogen) atoms. The van der Waals surface area contributed by atoms with Crippen molar-refractivity contribution in [3.63, 3.8) is 0 Å². The van der Waals surface area contributed by atoms with Crippen molar-refractivity contribution in [1.29, 1.82) is 0 Å². The van der Waals surface area contributed by atoms with E-state index in [4.69, 9.17) is 5.73 Å². The van der Waals surface area contributed by atoms with Crippen LogP contribution in [-0.4, -0.2) is 4.98 Å². The number of thiazole rings is 1. The fourth-order valence-corrected chi connectivity index (χ4v) is 3.21. The molecule has 2 nitrogen and oxygen atoms in total. The van der Waals surface area contributed by atoms with Crippen LogP contribution in [0.1, 0.15) is 22.7 Å². The molecule has 2 N–H and O–H groups in total. The highest BCUT2D eigenvalue weighted by Gasteiger charge is 2.16. The van der Waals surface area contributed by atoms with Gasteiger partial charge in [0.05, 0.1) is 5.69 Å². The first kappa shape index (κ1) is 13.8. The van der Waals surface area contributed by atoms with Crippen LogP contribution in [0.4, 0.5) is 5.13 Å². The molecule has 0 spiro atoms. The molecule has 3 rings (SSSR count). The molecule has 0 saturated heterocycles. The Labute approximate surface area is 129 Å². The van der Waals surface area contributed by atoms with Gasteiger partial charge in [-0.05, 0) is 24.0 Å². The third-order valence-corrected chi connectivity index (χ3v) is 4.30. The molecule has 0 aliphatic heterocycles. The molecule has 106 valence electrons. The number of rotatable bonds is 5. The molecule has 0 aliphatic rings. The average molecular weight is 294 g/mol. The summed E-state index contributed by atoms with van der Waals surface area (Å²) in [6.45, 7) is 0. The van der Waals surface area contributed by atoms with E-state index in [1.54, 1.807) is 0 Å². The summed E-state index contributed by atoms with van der Waals surface area (Å²) in [5, 5.41) is 2.74. The van der Waals surface area contributed by atoms with Crippen molar-refractivity contribution in [3.8, 4) is 0 Å². The maximum atomic E-state index is 5.81. The maximum Gasteiger partial charge on any atom is 0.180 e. The predicted molar refractivity (Wildman–Crippen MR) is 89.6 cm³/mol. The van der Waals surface area contributed by atoms with Crippen molar-refractivity contribution in [3.05, 3.63) is 82.9 Å². The molecule has 2 aromatic carbocycles. The van der Waals surface area contributed by atoms with E-state index in [1.807, 2.05) is 0 Å². The second-order valence-electron chi connectivity index (χ2n) is 5.19. The molecule has 3 aromatic rings. The largest absolute Gasteiger partial charge is 0.375 e. The van der Waals surface area contributed by atoms with Gasteiger partial charge < -0.3 is 5.73 Å². The summed E-state index contributed by atoms with van der Waals surface area (Å²) in [6.07, 6.45) is 1.97. The van der Waals surface area contributed by atoms with Gasteiger partial charge in [-0.25, -0.2) is 4.98 Å². The first-order chi connectivity index (χ1) is 10.3. The van der Waals surface area contributed by atoms with Gasteiger partial charge in [0.15, 0.2) is 5.13 Å². The zero-order valence-electron chi connectivity index (χ0n) is 11.8. The Morgan fingerprint density at radius 3 is 1.81 bits per heavy atom. The first-order valence-corrected chi connectivity index (χ1v) is 7.98. The smallest absolute Gasteiger partial charge is 0.180 e. The first-order valence-electron chi connectivity index (χ1n) is 7.10. The van der Waals surface area contributed by atoms with E-state index in [0.717, 1.165) is 18.5 Å². The van der Waals surface area contributed by atoms with Crippen molar-refractivity contribution >= 4 is 16.5 Å². The summed E-state index contributed by atoms with van der Waals surface area (Å²) < 4.78 is 0. The van der Waals surface area contributed by atoms with Crippen LogP contribution in [0.25, 0.3) is 0 Å². The molecule has 3 heteroatoms. The minimum Gasteiger partial charge on any atom is -0.375 e. The zero-order chi connectivity index (χ0) is 14.5. The normalized spacial score (nSPS) is 10.9. The molecule has 0 amide bonds. The fraction of sp³-hybridized carbons (Fsp3) is 0.167. The lowest BCUT2D eigenvalue weighted by molar-refractivity contribution is 0.664. The average Bonchev–Trinajstić information content (AvgIpc) is 2.95. The number of aromatic nitrogens is 1. The van der Waals surface area contributed by atoms with E-state index in [0.29, 0.717) is 11.0 Å². The second-order valence-corrected chi connectivity index (χ2v) is 6.08. The number of nitrogen functional groups attached to an aromatic ring is 1. The molecule has 1 heterocycles. The van der Waals surface area contributed by atoms with Crippen LogP contribution >= 0.6 is 11.3 Å².